The maximum Gasteiger partial charge on any atom is 0.0423 e. The van der Waals surface area contributed by atoms with E-state index in [9.17, 15) is 0 Å². The number of nitrogens with zero attached hydrogens (tertiary/aromatic N) is 1. The van der Waals surface area contributed by atoms with Gasteiger partial charge in [-0.2, -0.15) is 0 Å². The van der Waals surface area contributed by atoms with Crippen molar-refractivity contribution >= 4 is 21.6 Å². The standard InChI is InChI=1S/C15H23BrN2/c1-11(2)17-10-12-7-8-13(16)9-15(12)18(3)14-5-4-6-14/h7-9,11,14,17H,4-6,10H2,1-3H3. The van der Waals surface area contributed by atoms with Crippen LogP contribution in [-0.2, 0) is 6.54 Å². The fraction of sp³-hybridized carbons (Fsp3) is 0.600. The van der Waals surface area contributed by atoms with Gasteiger partial charge in [0.05, 0.1) is 0 Å². The molecule has 0 saturated heterocycles. The van der Waals surface area contributed by atoms with Crippen LogP contribution in [0.25, 0.3) is 0 Å². The fourth-order valence-electron chi connectivity index (χ4n) is 2.30. The zero-order valence-corrected chi connectivity index (χ0v) is 13.1. The Bertz CT molecular complexity index is 399. The van der Waals surface area contributed by atoms with Gasteiger partial charge in [-0.25, -0.2) is 0 Å². The number of anilines is 1. The smallest absolute Gasteiger partial charge is 0.0423 e. The summed E-state index contributed by atoms with van der Waals surface area (Å²) in [5, 5.41) is 3.51. The average Bonchev–Trinajstić information content (AvgIpc) is 2.24. The van der Waals surface area contributed by atoms with Crippen LogP contribution >= 0.6 is 15.9 Å². The van der Waals surface area contributed by atoms with E-state index in [1.54, 1.807) is 0 Å². The minimum absolute atomic E-state index is 0.524. The van der Waals surface area contributed by atoms with E-state index in [4.69, 9.17) is 0 Å². The molecule has 1 aliphatic rings. The number of benzene rings is 1. The molecule has 0 bridgehead atoms. The first-order chi connectivity index (χ1) is 8.58. The molecule has 1 aromatic rings. The first kappa shape index (κ1) is 13.9. The lowest BCUT2D eigenvalue weighted by Crippen LogP contribution is -2.38. The Balaban J connectivity index is 2.16. The molecule has 2 nitrogen and oxygen atoms in total. The number of halogens is 1. The van der Waals surface area contributed by atoms with E-state index in [1.807, 2.05) is 0 Å². The van der Waals surface area contributed by atoms with E-state index in [0.29, 0.717) is 6.04 Å². The van der Waals surface area contributed by atoms with E-state index in [0.717, 1.165) is 17.1 Å². The van der Waals surface area contributed by atoms with Crippen LogP contribution in [0.15, 0.2) is 22.7 Å². The minimum Gasteiger partial charge on any atom is -0.371 e. The van der Waals surface area contributed by atoms with E-state index >= 15 is 0 Å². The van der Waals surface area contributed by atoms with Gasteiger partial charge in [-0.3, -0.25) is 0 Å². The highest BCUT2D eigenvalue weighted by Gasteiger charge is 2.23. The summed E-state index contributed by atoms with van der Waals surface area (Å²) < 4.78 is 1.16. The van der Waals surface area contributed by atoms with Crippen molar-refractivity contribution in [2.45, 2.75) is 51.7 Å². The van der Waals surface area contributed by atoms with E-state index < -0.39 is 0 Å². The Labute approximate surface area is 119 Å². The third-order valence-electron chi connectivity index (χ3n) is 3.75. The zero-order chi connectivity index (χ0) is 13.1. The van der Waals surface area contributed by atoms with E-state index in [1.165, 1.54) is 30.5 Å². The second-order valence-corrected chi connectivity index (χ2v) is 6.42. The zero-order valence-electron chi connectivity index (χ0n) is 11.5. The maximum absolute atomic E-state index is 3.59. The second kappa shape index (κ2) is 6.07. The predicted octanol–water partition coefficient (Wildman–Crippen LogP) is 3.94. The third kappa shape index (κ3) is 3.27. The molecular weight excluding hydrogens is 288 g/mol. The quantitative estimate of drug-likeness (QED) is 0.886. The molecule has 0 heterocycles. The summed E-state index contributed by atoms with van der Waals surface area (Å²) in [4.78, 5) is 2.45. The normalized spacial score (nSPS) is 15.8. The molecule has 18 heavy (non-hydrogen) atoms. The van der Waals surface area contributed by atoms with Crippen LogP contribution in [0.5, 0.6) is 0 Å². The molecule has 0 radical (unpaired) electrons. The van der Waals surface area contributed by atoms with Crippen molar-refractivity contribution in [2.24, 2.45) is 0 Å². The van der Waals surface area contributed by atoms with Crippen LogP contribution < -0.4 is 10.2 Å². The van der Waals surface area contributed by atoms with E-state index in [2.05, 4.69) is 65.2 Å². The first-order valence-corrected chi connectivity index (χ1v) is 7.62. The maximum atomic E-state index is 3.59. The Morgan fingerprint density at radius 2 is 2.11 bits per heavy atom. The van der Waals surface area contributed by atoms with Crippen molar-refractivity contribution in [3.63, 3.8) is 0 Å². The van der Waals surface area contributed by atoms with Gasteiger partial charge in [-0.05, 0) is 37.0 Å². The lowest BCUT2D eigenvalue weighted by Gasteiger charge is -2.37. The Morgan fingerprint density at radius 3 is 2.67 bits per heavy atom. The van der Waals surface area contributed by atoms with Crippen molar-refractivity contribution in [2.75, 3.05) is 11.9 Å². The van der Waals surface area contributed by atoms with Gasteiger partial charge in [-0.1, -0.05) is 35.8 Å². The van der Waals surface area contributed by atoms with Crippen LogP contribution in [0.4, 0.5) is 5.69 Å². The first-order valence-electron chi connectivity index (χ1n) is 6.82. The van der Waals surface area contributed by atoms with Gasteiger partial charge in [0, 0.05) is 35.8 Å². The van der Waals surface area contributed by atoms with Crippen molar-refractivity contribution in [3.8, 4) is 0 Å². The highest BCUT2D eigenvalue weighted by molar-refractivity contribution is 9.10. The topological polar surface area (TPSA) is 15.3 Å². The van der Waals surface area contributed by atoms with Gasteiger partial charge in [0.2, 0.25) is 0 Å². The van der Waals surface area contributed by atoms with Gasteiger partial charge in [-0.15, -0.1) is 0 Å². The lowest BCUT2D eigenvalue weighted by atomic mass is 9.91. The minimum atomic E-state index is 0.524. The molecule has 1 aliphatic carbocycles. The molecule has 3 heteroatoms. The van der Waals surface area contributed by atoms with Crippen molar-refractivity contribution in [3.05, 3.63) is 28.2 Å². The molecule has 1 saturated carbocycles. The Morgan fingerprint density at radius 1 is 1.39 bits per heavy atom. The molecule has 0 aromatic heterocycles. The summed E-state index contributed by atoms with van der Waals surface area (Å²) in [6, 6.07) is 7.86. The molecule has 100 valence electrons. The number of hydrogen-bond acceptors (Lipinski definition) is 2. The molecule has 2 rings (SSSR count). The number of rotatable bonds is 5. The third-order valence-corrected chi connectivity index (χ3v) is 4.24. The van der Waals surface area contributed by atoms with Crippen molar-refractivity contribution in [1.82, 2.24) is 5.32 Å². The molecule has 0 aliphatic heterocycles. The molecular formula is C15H23BrN2. The highest BCUT2D eigenvalue weighted by atomic mass is 79.9. The Kier molecular flexibility index (Phi) is 4.68. The van der Waals surface area contributed by atoms with Gasteiger partial charge in [0.15, 0.2) is 0 Å². The van der Waals surface area contributed by atoms with Crippen molar-refractivity contribution in [1.29, 1.82) is 0 Å². The highest BCUT2D eigenvalue weighted by Crippen LogP contribution is 2.32. The summed E-state index contributed by atoms with van der Waals surface area (Å²) in [5.41, 5.74) is 2.75. The molecule has 1 aromatic carbocycles. The molecule has 1 fully saturated rings. The molecule has 0 amide bonds. The van der Waals surface area contributed by atoms with Gasteiger partial charge in [0.25, 0.3) is 0 Å². The summed E-state index contributed by atoms with van der Waals surface area (Å²) in [6.07, 6.45) is 4.04. The Hall–Kier alpha value is -0.540. The van der Waals surface area contributed by atoms with Gasteiger partial charge in [0.1, 0.15) is 0 Å². The number of nitrogens with one attached hydrogen (secondary N) is 1. The summed E-state index contributed by atoms with van der Waals surface area (Å²) >= 11 is 3.59. The molecule has 0 atom stereocenters. The van der Waals surface area contributed by atoms with E-state index in [-0.39, 0.29) is 0 Å². The number of hydrogen-bond donors (Lipinski definition) is 1. The van der Waals surface area contributed by atoms with Crippen LogP contribution in [0.1, 0.15) is 38.7 Å². The van der Waals surface area contributed by atoms with Crippen LogP contribution in [0, 0.1) is 0 Å². The van der Waals surface area contributed by atoms with Gasteiger partial charge >= 0.3 is 0 Å². The lowest BCUT2D eigenvalue weighted by molar-refractivity contribution is 0.400. The van der Waals surface area contributed by atoms with Gasteiger partial charge < -0.3 is 10.2 Å². The monoisotopic (exact) mass is 310 g/mol. The average molecular weight is 311 g/mol. The fourth-order valence-corrected chi connectivity index (χ4v) is 2.65. The van der Waals surface area contributed by atoms with Crippen LogP contribution in [0.2, 0.25) is 0 Å². The largest absolute Gasteiger partial charge is 0.371 e. The second-order valence-electron chi connectivity index (χ2n) is 5.50. The molecule has 0 spiro atoms. The summed E-state index contributed by atoms with van der Waals surface area (Å²) in [5.74, 6) is 0. The molecule has 1 N–H and O–H groups in total. The summed E-state index contributed by atoms with van der Waals surface area (Å²) in [6.45, 7) is 5.32. The van der Waals surface area contributed by atoms with Crippen LogP contribution in [0.3, 0.4) is 0 Å². The summed E-state index contributed by atoms with van der Waals surface area (Å²) in [7, 11) is 2.23. The van der Waals surface area contributed by atoms with Crippen LogP contribution in [-0.4, -0.2) is 19.1 Å². The SMILES string of the molecule is CC(C)NCc1ccc(Br)cc1N(C)C1CCC1. The van der Waals surface area contributed by atoms with Crippen molar-refractivity contribution < 1.29 is 0 Å². The molecule has 0 unspecified atom stereocenters. The predicted molar refractivity (Wildman–Crippen MR) is 82.2 cm³/mol.